The lowest BCUT2D eigenvalue weighted by molar-refractivity contribution is -0.123. The largest absolute Gasteiger partial charge is 0.465 e. The fraction of sp³-hybridized carbons (Fsp3) is 0.429. The molecule has 0 saturated carbocycles. The fourth-order valence-electron chi connectivity index (χ4n) is 3.35. The van der Waals surface area contributed by atoms with Gasteiger partial charge >= 0.3 is 11.9 Å². The molecule has 160 valence electrons. The zero-order valence-corrected chi connectivity index (χ0v) is 18.4. The molecule has 0 bridgehead atoms. The van der Waals surface area contributed by atoms with Gasteiger partial charge in [-0.3, -0.25) is 4.79 Å². The molecule has 0 aromatic carbocycles. The number of thiophene rings is 1. The van der Waals surface area contributed by atoms with E-state index in [-0.39, 0.29) is 10.7 Å². The summed E-state index contributed by atoms with van der Waals surface area (Å²) < 4.78 is 10.2. The Bertz CT molecular complexity index is 959. The van der Waals surface area contributed by atoms with Crippen LogP contribution in [0.1, 0.15) is 63.8 Å². The number of anilines is 1. The summed E-state index contributed by atoms with van der Waals surface area (Å²) >= 11 is 7.29. The van der Waals surface area contributed by atoms with E-state index in [4.69, 9.17) is 21.1 Å². The number of nitrogens with zero attached hydrogens (tertiary/aromatic N) is 1. The molecular weight excluding hydrogens is 428 g/mol. The molecular formula is C21H23ClN2O5S. The Morgan fingerprint density at radius 1 is 1.17 bits per heavy atom. The normalized spacial score (nSPS) is 14.6. The number of rotatable bonds is 5. The number of methoxy groups -OCH3 is 1. The zero-order chi connectivity index (χ0) is 21.7. The van der Waals surface area contributed by atoms with Crippen molar-refractivity contribution in [3.05, 3.63) is 45.1 Å². The van der Waals surface area contributed by atoms with Crippen LogP contribution in [-0.4, -0.2) is 36.0 Å². The summed E-state index contributed by atoms with van der Waals surface area (Å²) in [6.07, 6.45) is 6.29. The highest BCUT2D eigenvalue weighted by Crippen LogP contribution is 2.37. The lowest BCUT2D eigenvalue weighted by atomic mass is 9.96. The first-order valence-electron chi connectivity index (χ1n) is 9.77. The number of fused-ring (bicyclic) bond motifs is 1. The van der Waals surface area contributed by atoms with Gasteiger partial charge in [-0.1, -0.05) is 24.4 Å². The van der Waals surface area contributed by atoms with Crippen LogP contribution in [0.15, 0.2) is 18.3 Å². The first kappa shape index (κ1) is 22.2. The van der Waals surface area contributed by atoms with Crippen LogP contribution in [0.5, 0.6) is 0 Å². The molecule has 2 aromatic rings. The Morgan fingerprint density at radius 3 is 2.60 bits per heavy atom. The number of ether oxygens (including phenoxy) is 2. The minimum Gasteiger partial charge on any atom is -0.465 e. The smallest absolute Gasteiger partial charge is 0.342 e. The molecule has 2 aromatic heterocycles. The van der Waals surface area contributed by atoms with Crippen LogP contribution in [0.3, 0.4) is 0 Å². The molecule has 0 aliphatic heterocycles. The Labute approximate surface area is 183 Å². The maximum absolute atomic E-state index is 12.7. The Balaban J connectivity index is 1.78. The number of amides is 1. The highest BCUT2D eigenvalue weighted by Gasteiger charge is 2.28. The number of carbonyl (C=O) groups is 3. The third-order valence-electron chi connectivity index (χ3n) is 4.93. The second-order valence-corrected chi connectivity index (χ2v) is 8.46. The summed E-state index contributed by atoms with van der Waals surface area (Å²) in [5.74, 6) is -1.76. The van der Waals surface area contributed by atoms with Gasteiger partial charge in [0.1, 0.15) is 10.2 Å². The number of halogens is 1. The van der Waals surface area contributed by atoms with Gasteiger partial charge in [-0.05, 0) is 50.3 Å². The highest BCUT2D eigenvalue weighted by atomic mass is 35.5. The number of hydrogen-bond donors (Lipinski definition) is 1. The van der Waals surface area contributed by atoms with Gasteiger partial charge in [0.25, 0.3) is 5.91 Å². The fourth-order valence-corrected chi connectivity index (χ4v) is 4.83. The number of aryl methyl sites for hydroxylation is 1. The van der Waals surface area contributed by atoms with Gasteiger partial charge in [0.2, 0.25) is 0 Å². The molecule has 1 amide bonds. The number of carbonyl (C=O) groups excluding carboxylic acids is 3. The van der Waals surface area contributed by atoms with E-state index in [9.17, 15) is 14.4 Å². The van der Waals surface area contributed by atoms with Gasteiger partial charge in [0, 0.05) is 11.1 Å². The van der Waals surface area contributed by atoms with E-state index in [0.29, 0.717) is 10.6 Å². The van der Waals surface area contributed by atoms with Gasteiger partial charge in [0.05, 0.1) is 18.2 Å². The second kappa shape index (κ2) is 10.0. The van der Waals surface area contributed by atoms with E-state index in [0.717, 1.165) is 49.0 Å². The summed E-state index contributed by atoms with van der Waals surface area (Å²) in [5.41, 5.74) is 1.43. The van der Waals surface area contributed by atoms with Crippen molar-refractivity contribution in [2.75, 3.05) is 12.4 Å². The maximum atomic E-state index is 12.7. The molecule has 2 heterocycles. The van der Waals surface area contributed by atoms with Crippen LogP contribution in [0.25, 0.3) is 0 Å². The van der Waals surface area contributed by atoms with Crippen molar-refractivity contribution >= 4 is 45.8 Å². The average molecular weight is 451 g/mol. The van der Waals surface area contributed by atoms with Crippen LogP contribution in [-0.2, 0) is 27.1 Å². The van der Waals surface area contributed by atoms with Crippen LogP contribution in [0, 0.1) is 0 Å². The monoisotopic (exact) mass is 450 g/mol. The average Bonchev–Trinajstić information content (AvgIpc) is 3.03. The minimum atomic E-state index is -1.09. The summed E-state index contributed by atoms with van der Waals surface area (Å²) in [7, 11) is 1.32. The van der Waals surface area contributed by atoms with E-state index in [1.165, 1.54) is 37.6 Å². The van der Waals surface area contributed by atoms with Crippen molar-refractivity contribution in [2.45, 2.75) is 51.6 Å². The Kier molecular flexibility index (Phi) is 7.44. The van der Waals surface area contributed by atoms with Crippen LogP contribution in [0.2, 0.25) is 5.15 Å². The zero-order valence-electron chi connectivity index (χ0n) is 16.8. The Morgan fingerprint density at radius 2 is 1.90 bits per heavy atom. The molecule has 3 rings (SSSR count). The molecule has 9 heteroatoms. The van der Waals surface area contributed by atoms with Crippen LogP contribution in [0.4, 0.5) is 5.00 Å². The number of pyridine rings is 1. The Hall–Kier alpha value is -2.45. The molecule has 1 aliphatic rings. The molecule has 0 fully saturated rings. The number of nitrogens with one attached hydrogen (secondary N) is 1. The topological polar surface area (TPSA) is 94.6 Å². The van der Waals surface area contributed by atoms with Crippen molar-refractivity contribution in [3.63, 3.8) is 0 Å². The lowest BCUT2D eigenvalue weighted by Gasteiger charge is -2.14. The third-order valence-corrected chi connectivity index (χ3v) is 6.44. The first-order chi connectivity index (χ1) is 14.4. The summed E-state index contributed by atoms with van der Waals surface area (Å²) in [6.45, 7) is 1.46. The van der Waals surface area contributed by atoms with Crippen LogP contribution >= 0.6 is 22.9 Å². The van der Waals surface area contributed by atoms with Gasteiger partial charge in [0.15, 0.2) is 6.10 Å². The SMILES string of the molecule is COC(=O)c1c(NC(=O)C(C)OC(=O)c2cccnc2Cl)sc2c1CCCCCC2. The van der Waals surface area contributed by atoms with Gasteiger partial charge in [-0.25, -0.2) is 14.6 Å². The van der Waals surface area contributed by atoms with Gasteiger partial charge < -0.3 is 14.8 Å². The lowest BCUT2D eigenvalue weighted by Crippen LogP contribution is -2.30. The molecule has 30 heavy (non-hydrogen) atoms. The van der Waals surface area contributed by atoms with Crippen molar-refractivity contribution in [3.8, 4) is 0 Å². The molecule has 1 aliphatic carbocycles. The molecule has 0 saturated heterocycles. The maximum Gasteiger partial charge on any atom is 0.342 e. The molecule has 1 unspecified atom stereocenters. The van der Waals surface area contributed by atoms with E-state index >= 15 is 0 Å². The third kappa shape index (κ3) is 4.99. The van der Waals surface area contributed by atoms with Gasteiger partial charge in [-0.15, -0.1) is 11.3 Å². The standard InChI is InChI=1S/C21H23ClN2O5S/c1-12(29-20(26)14-9-7-11-23-17(14)22)18(25)24-19-16(21(27)28-2)13-8-5-3-4-6-10-15(13)30-19/h7,9,11-12H,3-6,8,10H2,1-2H3,(H,24,25). The van der Waals surface area contributed by atoms with Crippen molar-refractivity contribution in [2.24, 2.45) is 0 Å². The van der Waals surface area contributed by atoms with Crippen LogP contribution < -0.4 is 5.32 Å². The van der Waals surface area contributed by atoms with E-state index in [2.05, 4.69) is 10.3 Å². The molecule has 7 nitrogen and oxygen atoms in total. The van der Waals surface area contributed by atoms with Crippen molar-refractivity contribution in [1.82, 2.24) is 4.98 Å². The summed E-state index contributed by atoms with van der Waals surface area (Å²) in [6, 6.07) is 3.02. The molecule has 0 spiro atoms. The number of aromatic nitrogens is 1. The summed E-state index contributed by atoms with van der Waals surface area (Å²) in [5, 5.41) is 3.18. The molecule has 1 atom stereocenters. The minimum absolute atomic E-state index is 0.00106. The van der Waals surface area contributed by atoms with Gasteiger partial charge in [-0.2, -0.15) is 0 Å². The van der Waals surface area contributed by atoms with E-state index in [1.807, 2.05) is 0 Å². The quantitative estimate of drug-likeness (QED) is 0.535. The highest BCUT2D eigenvalue weighted by molar-refractivity contribution is 7.17. The summed E-state index contributed by atoms with van der Waals surface area (Å²) in [4.78, 5) is 42.4. The van der Waals surface area contributed by atoms with Crippen molar-refractivity contribution in [1.29, 1.82) is 0 Å². The number of esters is 2. The molecule has 1 N–H and O–H groups in total. The second-order valence-electron chi connectivity index (χ2n) is 6.99. The number of hydrogen-bond acceptors (Lipinski definition) is 7. The molecule has 0 radical (unpaired) electrons. The predicted molar refractivity (Wildman–Crippen MR) is 114 cm³/mol. The predicted octanol–water partition coefficient (Wildman–Crippen LogP) is 4.43. The first-order valence-corrected chi connectivity index (χ1v) is 11.0. The van der Waals surface area contributed by atoms with E-state index < -0.39 is 23.9 Å². The van der Waals surface area contributed by atoms with Crippen molar-refractivity contribution < 1.29 is 23.9 Å². The van der Waals surface area contributed by atoms with E-state index in [1.54, 1.807) is 6.07 Å².